The van der Waals surface area contributed by atoms with E-state index in [0.717, 1.165) is 56.4 Å². The molecule has 1 aliphatic heterocycles. The van der Waals surface area contributed by atoms with Gasteiger partial charge in [-0.25, -0.2) is 13.6 Å². The summed E-state index contributed by atoms with van der Waals surface area (Å²) < 4.78 is 37.8. The van der Waals surface area contributed by atoms with Crippen molar-refractivity contribution < 1.29 is 23.0 Å². The van der Waals surface area contributed by atoms with Gasteiger partial charge in [-0.2, -0.15) is 0 Å². The lowest BCUT2D eigenvalue weighted by Gasteiger charge is -2.32. The highest BCUT2D eigenvalue weighted by Crippen LogP contribution is 2.27. The fourth-order valence-electron chi connectivity index (χ4n) is 4.16. The van der Waals surface area contributed by atoms with E-state index >= 15 is 0 Å². The van der Waals surface area contributed by atoms with Crippen molar-refractivity contribution in [3.05, 3.63) is 83.4 Å². The van der Waals surface area contributed by atoms with Gasteiger partial charge in [-0.3, -0.25) is 0 Å². The van der Waals surface area contributed by atoms with Gasteiger partial charge in [0.15, 0.2) is 0 Å². The van der Waals surface area contributed by atoms with Crippen LogP contribution in [0.3, 0.4) is 0 Å². The third-order valence-corrected chi connectivity index (χ3v) is 6.03. The molecule has 0 aromatic heterocycles. The van der Waals surface area contributed by atoms with Crippen molar-refractivity contribution in [2.45, 2.75) is 38.7 Å². The number of halogens is 2. The molecule has 0 saturated carbocycles. The summed E-state index contributed by atoms with van der Waals surface area (Å²) in [6, 6.07) is 12.5. The largest absolute Gasteiger partial charge is 0.463 e. The van der Waals surface area contributed by atoms with Gasteiger partial charge in [-0.05, 0) is 87.0 Å². The monoisotopic (exact) mass is 457 g/mol. The third-order valence-electron chi connectivity index (χ3n) is 6.03. The summed E-state index contributed by atoms with van der Waals surface area (Å²) in [4.78, 5) is 13.7. The molecule has 0 unspecified atom stereocenters. The Morgan fingerprint density at radius 2 is 1.61 bits per heavy atom. The molecule has 0 N–H and O–H groups in total. The van der Waals surface area contributed by atoms with E-state index in [1.807, 2.05) is 6.08 Å². The van der Waals surface area contributed by atoms with E-state index in [1.54, 1.807) is 31.2 Å². The summed E-state index contributed by atoms with van der Waals surface area (Å²) in [5.41, 5.74) is 1.69. The van der Waals surface area contributed by atoms with Crippen molar-refractivity contribution in [3.8, 4) is 0 Å². The first-order chi connectivity index (χ1) is 16.0. The summed E-state index contributed by atoms with van der Waals surface area (Å²) in [6.07, 6.45) is 7.30. The van der Waals surface area contributed by atoms with Gasteiger partial charge in [0.25, 0.3) is 0 Å². The molecule has 0 bridgehead atoms. The molecule has 1 aliphatic rings. The lowest BCUT2D eigenvalue weighted by molar-refractivity contribution is -0.137. The number of carbonyl (C=O) groups is 1. The average Bonchev–Trinajstić information content (AvgIpc) is 2.82. The zero-order valence-corrected chi connectivity index (χ0v) is 19.2. The molecule has 0 spiro atoms. The molecule has 2 aromatic carbocycles. The molecule has 0 radical (unpaired) electrons. The minimum absolute atomic E-state index is 0.271. The van der Waals surface area contributed by atoms with Crippen molar-refractivity contribution in [2.75, 3.05) is 32.8 Å². The fraction of sp³-hybridized carbons (Fsp3) is 0.444. The molecular formula is C27H33F2NO3. The molecule has 3 rings (SSSR count). The van der Waals surface area contributed by atoms with Crippen molar-refractivity contribution in [2.24, 2.45) is 5.92 Å². The summed E-state index contributed by atoms with van der Waals surface area (Å²) in [5.74, 6) is -0.196. The van der Waals surface area contributed by atoms with Crippen LogP contribution in [0.1, 0.15) is 49.8 Å². The lowest BCUT2D eigenvalue weighted by atomic mass is 9.92. The normalized spacial score (nSPS) is 15.4. The van der Waals surface area contributed by atoms with Gasteiger partial charge >= 0.3 is 5.97 Å². The van der Waals surface area contributed by atoms with Gasteiger partial charge < -0.3 is 14.4 Å². The molecular weight excluding hydrogens is 424 g/mol. The van der Waals surface area contributed by atoms with Gasteiger partial charge in [0.2, 0.25) is 0 Å². The number of nitrogens with zero attached hydrogens (tertiary/aromatic N) is 1. The van der Waals surface area contributed by atoms with Gasteiger partial charge in [-0.15, -0.1) is 0 Å². The zero-order valence-electron chi connectivity index (χ0n) is 19.2. The first-order valence-corrected chi connectivity index (χ1v) is 11.7. The maximum Gasteiger partial charge on any atom is 0.330 e. The van der Waals surface area contributed by atoms with E-state index in [9.17, 15) is 13.6 Å². The highest BCUT2D eigenvalue weighted by atomic mass is 19.1. The van der Waals surface area contributed by atoms with Crippen LogP contribution >= 0.6 is 0 Å². The Bertz CT molecular complexity index is 830. The highest BCUT2D eigenvalue weighted by Gasteiger charge is 2.20. The zero-order chi connectivity index (χ0) is 23.5. The molecule has 2 aromatic rings. The van der Waals surface area contributed by atoms with Gasteiger partial charge in [0.1, 0.15) is 17.7 Å². The van der Waals surface area contributed by atoms with Gasteiger partial charge in [0.05, 0.1) is 13.2 Å². The average molecular weight is 458 g/mol. The quantitative estimate of drug-likeness (QED) is 0.321. The predicted molar refractivity (Wildman–Crippen MR) is 125 cm³/mol. The van der Waals surface area contributed by atoms with Crippen LogP contribution in [-0.2, 0) is 14.3 Å². The first-order valence-electron chi connectivity index (χ1n) is 11.7. The Hall–Kier alpha value is -2.57. The van der Waals surface area contributed by atoms with Crippen LogP contribution in [0.25, 0.3) is 0 Å². The second-order valence-corrected chi connectivity index (χ2v) is 8.37. The van der Waals surface area contributed by atoms with E-state index < -0.39 is 0 Å². The van der Waals surface area contributed by atoms with E-state index in [1.165, 1.54) is 30.3 Å². The molecule has 1 fully saturated rings. The van der Waals surface area contributed by atoms with Crippen molar-refractivity contribution in [1.82, 2.24) is 4.90 Å². The summed E-state index contributed by atoms with van der Waals surface area (Å²) in [5, 5.41) is 0. The van der Waals surface area contributed by atoms with E-state index in [4.69, 9.17) is 9.47 Å². The van der Waals surface area contributed by atoms with E-state index in [0.29, 0.717) is 19.1 Å². The minimum atomic E-state index is -0.366. The van der Waals surface area contributed by atoms with Crippen molar-refractivity contribution in [1.29, 1.82) is 0 Å². The maximum absolute atomic E-state index is 13.4. The van der Waals surface area contributed by atoms with E-state index in [2.05, 4.69) is 4.90 Å². The third kappa shape index (κ3) is 8.37. The number of likely N-dealkylation sites (tertiary alicyclic amines) is 1. The van der Waals surface area contributed by atoms with Crippen LogP contribution in [0.4, 0.5) is 8.78 Å². The van der Waals surface area contributed by atoms with E-state index in [-0.39, 0.29) is 23.7 Å². The molecule has 0 aliphatic carbocycles. The molecule has 0 amide bonds. The minimum Gasteiger partial charge on any atom is -0.463 e. The number of esters is 1. The SMILES string of the molecule is CCOC(=O)C=CCCC1CCN(CCOC(c2ccc(F)cc2)c2ccc(F)cc2)CC1. The molecule has 4 nitrogen and oxygen atoms in total. The molecule has 6 heteroatoms. The Balaban J connectivity index is 1.44. The smallest absolute Gasteiger partial charge is 0.330 e. The van der Waals surface area contributed by atoms with Crippen LogP contribution in [0.5, 0.6) is 0 Å². The topological polar surface area (TPSA) is 38.8 Å². The summed E-state index contributed by atoms with van der Waals surface area (Å²) in [6.45, 7) is 5.59. The lowest BCUT2D eigenvalue weighted by Crippen LogP contribution is -2.36. The Morgan fingerprint density at radius 1 is 1.03 bits per heavy atom. The van der Waals surface area contributed by atoms with Crippen LogP contribution in [0, 0.1) is 17.6 Å². The Kier molecular flexibility index (Phi) is 10.0. The Labute approximate surface area is 195 Å². The Morgan fingerprint density at radius 3 is 2.15 bits per heavy atom. The number of piperidine rings is 1. The number of hydrogen-bond acceptors (Lipinski definition) is 4. The molecule has 1 saturated heterocycles. The molecule has 33 heavy (non-hydrogen) atoms. The van der Waals surface area contributed by atoms with Crippen LogP contribution < -0.4 is 0 Å². The fourth-order valence-corrected chi connectivity index (χ4v) is 4.16. The standard InChI is InChI=1S/C27H33F2NO3/c1-2-32-26(31)6-4-3-5-21-15-17-30(18-16-21)19-20-33-27(22-7-11-24(28)12-8-22)23-9-13-25(29)14-10-23/h4,6-14,21,27H,2-3,5,15-20H2,1H3. The number of rotatable bonds is 11. The first kappa shape index (κ1) is 25.1. The molecule has 178 valence electrons. The van der Waals surface area contributed by atoms with Crippen LogP contribution in [0.2, 0.25) is 0 Å². The number of ether oxygens (including phenoxy) is 2. The second kappa shape index (κ2) is 13.2. The highest BCUT2D eigenvalue weighted by molar-refractivity contribution is 5.81. The molecule has 1 heterocycles. The summed E-state index contributed by atoms with van der Waals surface area (Å²) in [7, 11) is 0. The maximum atomic E-state index is 13.4. The van der Waals surface area contributed by atoms with Gasteiger partial charge in [-0.1, -0.05) is 30.3 Å². The second-order valence-electron chi connectivity index (χ2n) is 8.37. The van der Waals surface area contributed by atoms with Gasteiger partial charge in [0, 0.05) is 12.6 Å². The number of carbonyl (C=O) groups excluding carboxylic acids is 1. The van der Waals surface area contributed by atoms with Crippen molar-refractivity contribution in [3.63, 3.8) is 0 Å². The number of hydrogen-bond donors (Lipinski definition) is 0. The predicted octanol–water partition coefficient (Wildman–Crippen LogP) is 5.68. The molecule has 0 atom stereocenters. The number of benzene rings is 2. The van der Waals surface area contributed by atoms with Crippen molar-refractivity contribution >= 4 is 5.97 Å². The number of allylic oxidation sites excluding steroid dienone is 1. The van der Waals surface area contributed by atoms with Crippen LogP contribution in [0.15, 0.2) is 60.7 Å². The van der Waals surface area contributed by atoms with Crippen LogP contribution in [-0.4, -0.2) is 43.7 Å². The summed E-state index contributed by atoms with van der Waals surface area (Å²) >= 11 is 0.